The number of aromatic nitrogens is 1. The van der Waals surface area contributed by atoms with E-state index in [1.165, 1.54) is 7.11 Å². The molecule has 5 nitrogen and oxygen atoms in total. The maximum atomic E-state index is 11.5. The highest BCUT2D eigenvalue weighted by molar-refractivity contribution is 5.90. The molecule has 108 valence electrons. The molecule has 0 saturated carbocycles. The first-order valence-electron chi connectivity index (χ1n) is 6.54. The normalized spacial score (nSPS) is 10.0. The molecule has 0 amide bonds. The summed E-state index contributed by atoms with van der Waals surface area (Å²) >= 11 is 0. The number of hydrogen-bond acceptors (Lipinski definition) is 4. The molecular formula is C16H17N3O2. The highest BCUT2D eigenvalue weighted by Crippen LogP contribution is 2.17. The first kappa shape index (κ1) is 14.7. The zero-order valence-corrected chi connectivity index (χ0v) is 12.3. The molecule has 0 aliphatic heterocycles. The third-order valence-corrected chi connectivity index (χ3v) is 3.52. The van der Waals surface area contributed by atoms with Gasteiger partial charge in [0.25, 0.3) is 0 Å². The van der Waals surface area contributed by atoms with E-state index in [4.69, 9.17) is 10.00 Å². The van der Waals surface area contributed by atoms with E-state index >= 15 is 0 Å². The Balaban J connectivity index is 2.14. The van der Waals surface area contributed by atoms with Crippen LogP contribution in [0.5, 0.6) is 0 Å². The first-order valence-corrected chi connectivity index (χ1v) is 6.54. The van der Waals surface area contributed by atoms with Crippen molar-refractivity contribution in [3.63, 3.8) is 0 Å². The van der Waals surface area contributed by atoms with Gasteiger partial charge in [0, 0.05) is 25.0 Å². The highest BCUT2D eigenvalue weighted by Gasteiger charge is 2.09. The number of rotatable bonds is 4. The molecule has 1 aromatic heterocycles. The number of carbonyl (C=O) groups excluding carboxylic acids is 1. The van der Waals surface area contributed by atoms with E-state index < -0.39 is 0 Å². The van der Waals surface area contributed by atoms with Gasteiger partial charge in [-0.3, -0.25) is 0 Å². The molecule has 0 fully saturated rings. The monoisotopic (exact) mass is 283 g/mol. The Kier molecular flexibility index (Phi) is 4.29. The predicted molar refractivity (Wildman–Crippen MR) is 80.0 cm³/mol. The van der Waals surface area contributed by atoms with Gasteiger partial charge in [-0.1, -0.05) is 6.07 Å². The molecule has 2 rings (SSSR count). The zero-order valence-electron chi connectivity index (χ0n) is 12.3. The van der Waals surface area contributed by atoms with Gasteiger partial charge in [-0.05, 0) is 36.8 Å². The van der Waals surface area contributed by atoms with Crippen LogP contribution in [0.3, 0.4) is 0 Å². The molecular weight excluding hydrogens is 266 g/mol. The Labute approximate surface area is 123 Å². The van der Waals surface area contributed by atoms with E-state index in [2.05, 4.69) is 11.4 Å². The summed E-state index contributed by atoms with van der Waals surface area (Å²) in [4.78, 5) is 11.5. The second-order valence-corrected chi connectivity index (χ2v) is 4.74. The SMILES string of the molecule is COC(=O)c1cccc(NCc2cc(C#N)n(C)c2C)c1. The molecule has 0 aliphatic rings. The second-order valence-electron chi connectivity index (χ2n) is 4.74. The van der Waals surface area contributed by atoms with Gasteiger partial charge in [0.05, 0.1) is 12.7 Å². The van der Waals surface area contributed by atoms with Crippen molar-refractivity contribution in [1.82, 2.24) is 4.57 Å². The third-order valence-electron chi connectivity index (χ3n) is 3.52. The number of nitriles is 1. The standard InChI is InChI=1S/C16H17N3O2/c1-11-13(8-15(9-17)19(11)2)10-18-14-6-4-5-12(7-14)16(20)21-3/h4-8,18H,10H2,1-3H3. The van der Waals surface area contributed by atoms with E-state index in [1.807, 2.05) is 30.7 Å². The van der Waals surface area contributed by atoms with Crippen LogP contribution < -0.4 is 5.32 Å². The van der Waals surface area contributed by atoms with Crippen LogP contribution in [0.4, 0.5) is 5.69 Å². The summed E-state index contributed by atoms with van der Waals surface area (Å²) in [6.45, 7) is 2.56. The lowest BCUT2D eigenvalue weighted by Gasteiger charge is -2.08. The van der Waals surface area contributed by atoms with Crippen LogP contribution in [0.25, 0.3) is 0 Å². The van der Waals surface area contributed by atoms with Gasteiger partial charge in [0.2, 0.25) is 0 Å². The van der Waals surface area contributed by atoms with E-state index in [9.17, 15) is 4.79 Å². The maximum absolute atomic E-state index is 11.5. The van der Waals surface area contributed by atoms with Crippen LogP contribution in [0.1, 0.15) is 27.3 Å². The Morgan fingerprint density at radius 2 is 2.19 bits per heavy atom. The van der Waals surface area contributed by atoms with Crippen LogP contribution in [-0.4, -0.2) is 17.6 Å². The number of benzene rings is 1. The summed E-state index contributed by atoms with van der Waals surface area (Å²) in [6, 6.07) is 11.2. The van der Waals surface area contributed by atoms with Gasteiger partial charge in [-0.25, -0.2) is 4.79 Å². The minimum atomic E-state index is -0.360. The van der Waals surface area contributed by atoms with Crippen LogP contribution in [0.2, 0.25) is 0 Å². The fourth-order valence-corrected chi connectivity index (χ4v) is 2.12. The lowest BCUT2D eigenvalue weighted by molar-refractivity contribution is 0.0601. The number of hydrogen-bond donors (Lipinski definition) is 1. The van der Waals surface area contributed by atoms with E-state index in [0.717, 1.165) is 16.9 Å². The van der Waals surface area contributed by atoms with Crippen molar-refractivity contribution < 1.29 is 9.53 Å². The highest BCUT2D eigenvalue weighted by atomic mass is 16.5. The summed E-state index contributed by atoms with van der Waals surface area (Å²) in [5.41, 5.74) is 4.07. The van der Waals surface area contributed by atoms with Crippen LogP contribution in [0, 0.1) is 18.3 Å². The number of nitrogens with one attached hydrogen (secondary N) is 1. The molecule has 0 spiro atoms. The van der Waals surface area contributed by atoms with Gasteiger partial charge in [0.15, 0.2) is 0 Å². The van der Waals surface area contributed by atoms with Crippen LogP contribution >= 0.6 is 0 Å². The van der Waals surface area contributed by atoms with Gasteiger partial charge < -0.3 is 14.6 Å². The lowest BCUT2D eigenvalue weighted by atomic mass is 10.2. The van der Waals surface area contributed by atoms with Gasteiger partial charge >= 0.3 is 5.97 Å². The number of carbonyl (C=O) groups is 1. The Bertz CT molecular complexity index is 711. The molecule has 0 aliphatic carbocycles. The fourth-order valence-electron chi connectivity index (χ4n) is 2.12. The van der Waals surface area contributed by atoms with E-state index in [-0.39, 0.29) is 5.97 Å². The van der Waals surface area contributed by atoms with Crippen molar-refractivity contribution >= 4 is 11.7 Å². The average molecular weight is 283 g/mol. The molecule has 0 unspecified atom stereocenters. The second kappa shape index (κ2) is 6.14. The van der Waals surface area contributed by atoms with Crippen molar-refractivity contribution in [2.45, 2.75) is 13.5 Å². The Hall–Kier alpha value is -2.74. The molecule has 1 aromatic carbocycles. The van der Waals surface area contributed by atoms with E-state index in [1.54, 1.807) is 18.2 Å². The summed E-state index contributed by atoms with van der Waals surface area (Å²) in [7, 11) is 3.23. The fraction of sp³-hybridized carbons (Fsp3) is 0.250. The van der Waals surface area contributed by atoms with Crippen molar-refractivity contribution in [3.8, 4) is 6.07 Å². The molecule has 1 N–H and O–H groups in total. The minimum Gasteiger partial charge on any atom is -0.465 e. The molecule has 0 bridgehead atoms. The van der Waals surface area contributed by atoms with Gasteiger partial charge in [-0.2, -0.15) is 5.26 Å². The number of nitrogens with zero attached hydrogens (tertiary/aromatic N) is 2. The Morgan fingerprint density at radius 3 is 2.81 bits per heavy atom. The summed E-state index contributed by atoms with van der Waals surface area (Å²) < 4.78 is 6.56. The van der Waals surface area contributed by atoms with Gasteiger partial charge in [0.1, 0.15) is 11.8 Å². The molecule has 2 aromatic rings. The largest absolute Gasteiger partial charge is 0.465 e. The number of anilines is 1. The van der Waals surface area contributed by atoms with E-state index in [0.29, 0.717) is 17.8 Å². The molecule has 1 heterocycles. The summed E-state index contributed by atoms with van der Waals surface area (Å²) in [6.07, 6.45) is 0. The van der Waals surface area contributed by atoms with Crippen molar-refractivity contribution in [2.24, 2.45) is 7.05 Å². The average Bonchev–Trinajstić information content (AvgIpc) is 2.80. The zero-order chi connectivity index (χ0) is 15.4. The van der Waals surface area contributed by atoms with Crippen LogP contribution in [-0.2, 0) is 18.3 Å². The minimum absolute atomic E-state index is 0.360. The van der Waals surface area contributed by atoms with Crippen LogP contribution in [0.15, 0.2) is 30.3 Å². The van der Waals surface area contributed by atoms with Gasteiger partial charge in [-0.15, -0.1) is 0 Å². The van der Waals surface area contributed by atoms with Crippen molar-refractivity contribution in [1.29, 1.82) is 5.26 Å². The summed E-state index contributed by atoms with van der Waals surface area (Å²) in [5.74, 6) is -0.360. The lowest BCUT2D eigenvalue weighted by Crippen LogP contribution is -2.04. The molecule has 21 heavy (non-hydrogen) atoms. The Morgan fingerprint density at radius 1 is 1.43 bits per heavy atom. The molecule has 0 atom stereocenters. The quantitative estimate of drug-likeness (QED) is 0.876. The number of methoxy groups -OCH3 is 1. The van der Waals surface area contributed by atoms with Crippen molar-refractivity contribution in [3.05, 3.63) is 52.8 Å². The summed E-state index contributed by atoms with van der Waals surface area (Å²) in [5, 5.41) is 12.3. The molecule has 5 heteroatoms. The van der Waals surface area contributed by atoms with Crippen molar-refractivity contribution in [2.75, 3.05) is 12.4 Å². The topological polar surface area (TPSA) is 67.0 Å². The number of ether oxygens (including phenoxy) is 1. The molecule has 0 saturated heterocycles. The third kappa shape index (κ3) is 3.06. The number of esters is 1. The molecule has 0 radical (unpaired) electrons. The maximum Gasteiger partial charge on any atom is 0.337 e. The predicted octanol–water partition coefficient (Wildman–Crippen LogP) is 2.60. The smallest absolute Gasteiger partial charge is 0.337 e. The first-order chi connectivity index (χ1) is 10.1.